The molecule has 0 amide bonds. The van der Waals surface area contributed by atoms with Crippen molar-refractivity contribution < 1.29 is 14.3 Å². The van der Waals surface area contributed by atoms with Crippen LogP contribution in [-0.4, -0.2) is 18.4 Å². The molecule has 17 heavy (non-hydrogen) atoms. The summed E-state index contributed by atoms with van der Waals surface area (Å²) in [4.78, 5) is 23.0. The summed E-state index contributed by atoms with van der Waals surface area (Å²) in [6.45, 7) is 3.54. The van der Waals surface area contributed by atoms with E-state index in [0.29, 0.717) is 17.7 Å². The van der Waals surface area contributed by atoms with E-state index in [2.05, 4.69) is 0 Å². The number of carbonyl (C=O) groups excluding carboxylic acids is 2. The predicted octanol–water partition coefficient (Wildman–Crippen LogP) is 2.73. The van der Waals surface area contributed by atoms with Crippen molar-refractivity contribution in [2.45, 2.75) is 26.1 Å². The van der Waals surface area contributed by atoms with Crippen LogP contribution >= 0.6 is 11.6 Å². The Labute approximate surface area is 106 Å². The molecule has 0 radical (unpaired) electrons. The maximum atomic E-state index is 11.7. The van der Waals surface area contributed by atoms with Gasteiger partial charge >= 0.3 is 5.97 Å². The van der Waals surface area contributed by atoms with Gasteiger partial charge in [-0.05, 0) is 31.0 Å². The fraction of sp³-hybridized carbons (Fsp3) is 0.385. The molecule has 0 saturated carbocycles. The van der Waals surface area contributed by atoms with E-state index in [1.165, 1.54) is 6.92 Å². The molecule has 0 atom stereocenters. The number of hydrogen-bond donors (Lipinski definition) is 0. The molecule has 0 unspecified atom stereocenters. The van der Waals surface area contributed by atoms with Crippen molar-refractivity contribution in [1.82, 2.24) is 0 Å². The molecule has 1 rings (SSSR count). The van der Waals surface area contributed by atoms with Gasteiger partial charge in [0.2, 0.25) is 0 Å². The molecule has 0 spiro atoms. The highest BCUT2D eigenvalue weighted by molar-refractivity contribution is 6.17. The first-order valence-electron chi connectivity index (χ1n) is 5.43. The van der Waals surface area contributed by atoms with Gasteiger partial charge in [0.05, 0.1) is 12.2 Å². The van der Waals surface area contributed by atoms with Crippen molar-refractivity contribution in [3.05, 3.63) is 34.9 Å². The summed E-state index contributed by atoms with van der Waals surface area (Å²) in [5.74, 6) is -0.139. The largest absolute Gasteiger partial charge is 0.462 e. The zero-order chi connectivity index (χ0) is 12.8. The molecule has 0 aliphatic carbocycles. The van der Waals surface area contributed by atoms with Crippen molar-refractivity contribution in [2.24, 2.45) is 0 Å². The van der Waals surface area contributed by atoms with Crippen LogP contribution in [0.4, 0.5) is 0 Å². The standard InChI is InChI=1S/C13H15ClO3/c1-3-17-13(16)11-6-4-5-10(8-14)12(11)7-9(2)15/h4-6H,3,7-8H2,1-2H3. The summed E-state index contributed by atoms with van der Waals surface area (Å²) in [6.07, 6.45) is 0.205. The van der Waals surface area contributed by atoms with E-state index < -0.39 is 5.97 Å². The van der Waals surface area contributed by atoms with Gasteiger partial charge in [0.1, 0.15) is 5.78 Å². The number of alkyl halides is 1. The zero-order valence-electron chi connectivity index (χ0n) is 9.96. The van der Waals surface area contributed by atoms with Gasteiger partial charge in [0.25, 0.3) is 0 Å². The van der Waals surface area contributed by atoms with Crippen LogP contribution in [0, 0.1) is 0 Å². The highest BCUT2D eigenvalue weighted by atomic mass is 35.5. The van der Waals surface area contributed by atoms with Gasteiger partial charge in [0.15, 0.2) is 0 Å². The number of rotatable bonds is 5. The van der Waals surface area contributed by atoms with Crippen LogP contribution in [-0.2, 0) is 21.8 Å². The highest BCUT2D eigenvalue weighted by Crippen LogP contribution is 2.19. The van der Waals surface area contributed by atoms with Gasteiger partial charge in [0, 0.05) is 12.3 Å². The summed E-state index contributed by atoms with van der Waals surface area (Å²) in [6, 6.07) is 5.22. The van der Waals surface area contributed by atoms with Gasteiger partial charge in [-0.3, -0.25) is 4.79 Å². The Kier molecular flexibility index (Phi) is 5.16. The summed E-state index contributed by atoms with van der Waals surface area (Å²) >= 11 is 5.81. The summed E-state index contributed by atoms with van der Waals surface area (Å²) in [5, 5.41) is 0. The van der Waals surface area contributed by atoms with Crippen molar-refractivity contribution in [3.8, 4) is 0 Å². The van der Waals surface area contributed by atoms with Crippen LogP contribution in [0.15, 0.2) is 18.2 Å². The second-order valence-electron chi connectivity index (χ2n) is 3.68. The molecule has 0 saturated heterocycles. The van der Waals surface area contributed by atoms with Gasteiger partial charge in [-0.25, -0.2) is 4.79 Å². The van der Waals surface area contributed by atoms with E-state index in [9.17, 15) is 9.59 Å². The van der Waals surface area contributed by atoms with E-state index in [-0.39, 0.29) is 18.1 Å². The molecule has 0 aromatic heterocycles. The van der Waals surface area contributed by atoms with Crippen LogP contribution in [0.5, 0.6) is 0 Å². The molecule has 3 nitrogen and oxygen atoms in total. The normalized spacial score (nSPS) is 10.1. The Morgan fingerprint density at radius 3 is 2.59 bits per heavy atom. The predicted molar refractivity (Wildman–Crippen MR) is 66.3 cm³/mol. The van der Waals surface area contributed by atoms with E-state index in [1.807, 2.05) is 6.07 Å². The fourth-order valence-corrected chi connectivity index (χ4v) is 1.87. The molecule has 0 heterocycles. The number of ether oxygens (including phenoxy) is 1. The van der Waals surface area contributed by atoms with Crippen molar-refractivity contribution in [1.29, 1.82) is 0 Å². The average Bonchev–Trinajstić information content (AvgIpc) is 2.28. The van der Waals surface area contributed by atoms with Crippen LogP contribution in [0.3, 0.4) is 0 Å². The minimum absolute atomic E-state index is 0.00637. The summed E-state index contributed by atoms with van der Waals surface area (Å²) in [5.41, 5.74) is 1.90. The number of hydrogen-bond acceptors (Lipinski definition) is 3. The minimum atomic E-state index is -0.407. The first-order valence-corrected chi connectivity index (χ1v) is 5.96. The molecule has 0 aliphatic rings. The fourth-order valence-electron chi connectivity index (χ4n) is 1.62. The van der Waals surface area contributed by atoms with E-state index in [4.69, 9.17) is 16.3 Å². The molecule has 0 aliphatic heterocycles. The van der Waals surface area contributed by atoms with Crippen LogP contribution in [0.25, 0.3) is 0 Å². The summed E-state index contributed by atoms with van der Waals surface area (Å²) < 4.78 is 4.96. The topological polar surface area (TPSA) is 43.4 Å². The van der Waals surface area contributed by atoms with E-state index in [1.54, 1.807) is 19.1 Å². The molecular formula is C13H15ClO3. The summed E-state index contributed by atoms with van der Waals surface area (Å²) in [7, 11) is 0. The zero-order valence-corrected chi connectivity index (χ0v) is 10.7. The third-order valence-electron chi connectivity index (χ3n) is 2.34. The van der Waals surface area contributed by atoms with Gasteiger partial charge in [-0.15, -0.1) is 11.6 Å². The van der Waals surface area contributed by atoms with Crippen molar-refractivity contribution in [3.63, 3.8) is 0 Å². The molecule has 0 fully saturated rings. The lowest BCUT2D eigenvalue weighted by molar-refractivity contribution is -0.116. The third kappa shape index (κ3) is 3.56. The minimum Gasteiger partial charge on any atom is -0.462 e. The Balaban J connectivity index is 3.18. The highest BCUT2D eigenvalue weighted by Gasteiger charge is 2.16. The molecule has 92 valence electrons. The Hall–Kier alpha value is -1.35. The van der Waals surface area contributed by atoms with Gasteiger partial charge in [-0.2, -0.15) is 0 Å². The van der Waals surface area contributed by atoms with Gasteiger partial charge < -0.3 is 4.74 Å². The number of ketones is 1. The molecule has 1 aromatic carbocycles. The number of halogens is 1. The monoisotopic (exact) mass is 254 g/mol. The van der Waals surface area contributed by atoms with Gasteiger partial charge in [-0.1, -0.05) is 12.1 Å². The SMILES string of the molecule is CCOC(=O)c1cccc(CCl)c1CC(C)=O. The lowest BCUT2D eigenvalue weighted by Crippen LogP contribution is -2.12. The third-order valence-corrected chi connectivity index (χ3v) is 2.63. The van der Waals surface area contributed by atoms with Crippen molar-refractivity contribution in [2.75, 3.05) is 6.61 Å². The van der Waals surface area contributed by atoms with Crippen LogP contribution in [0.2, 0.25) is 0 Å². The van der Waals surface area contributed by atoms with Crippen LogP contribution in [0.1, 0.15) is 35.3 Å². The smallest absolute Gasteiger partial charge is 0.338 e. The number of Topliss-reactive ketones (excluding diaryl/α,β-unsaturated/α-hetero) is 1. The molecule has 0 N–H and O–H groups in total. The second-order valence-corrected chi connectivity index (χ2v) is 3.94. The molecule has 0 bridgehead atoms. The Morgan fingerprint density at radius 2 is 2.06 bits per heavy atom. The number of esters is 1. The molecular weight excluding hydrogens is 240 g/mol. The maximum Gasteiger partial charge on any atom is 0.338 e. The lowest BCUT2D eigenvalue weighted by Gasteiger charge is -2.11. The first kappa shape index (κ1) is 13.7. The maximum absolute atomic E-state index is 11.7. The first-order chi connectivity index (χ1) is 8.10. The second kappa shape index (κ2) is 6.40. The Bertz CT molecular complexity index is 427. The quantitative estimate of drug-likeness (QED) is 0.599. The number of carbonyl (C=O) groups is 2. The van der Waals surface area contributed by atoms with Crippen molar-refractivity contribution >= 4 is 23.4 Å². The average molecular weight is 255 g/mol. The van der Waals surface area contributed by atoms with Crippen LogP contribution < -0.4 is 0 Å². The van der Waals surface area contributed by atoms with E-state index in [0.717, 1.165) is 5.56 Å². The number of benzene rings is 1. The Morgan fingerprint density at radius 1 is 1.35 bits per heavy atom. The molecule has 4 heteroatoms. The van der Waals surface area contributed by atoms with E-state index >= 15 is 0 Å². The molecule has 1 aromatic rings. The lowest BCUT2D eigenvalue weighted by atomic mass is 9.97.